The van der Waals surface area contributed by atoms with Gasteiger partial charge in [0.25, 0.3) is 0 Å². The number of aryl methyl sites for hydroxylation is 1. The summed E-state index contributed by atoms with van der Waals surface area (Å²) in [4.78, 5) is 16.4. The Kier molecular flexibility index (Phi) is 7.75. The molecule has 9 nitrogen and oxygen atoms in total. The summed E-state index contributed by atoms with van der Waals surface area (Å²) in [6.07, 6.45) is 1.82. The third-order valence-corrected chi connectivity index (χ3v) is 5.15. The van der Waals surface area contributed by atoms with Crippen molar-refractivity contribution in [2.45, 2.75) is 33.7 Å². The normalized spacial score (nSPS) is 16.5. The molecule has 1 aliphatic heterocycles. The molecule has 0 amide bonds. The van der Waals surface area contributed by atoms with Gasteiger partial charge < -0.3 is 31.0 Å². The molecule has 3 heterocycles. The van der Waals surface area contributed by atoms with E-state index in [-0.39, 0.29) is 5.92 Å². The fraction of sp³-hybridized carbons (Fsp3) is 0.545. The number of ether oxygens (including phenoxy) is 1. The van der Waals surface area contributed by atoms with E-state index in [0.29, 0.717) is 53.9 Å². The number of methoxy groups -OCH3 is 1. The molecule has 0 saturated carbocycles. The van der Waals surface area contributed by atoms with Crippen LogP contribution < -0.4 is 20.9 Å². The van der Waals surface area contributed by atoms with Crippen molar-refractivity contribution in [3.63, 3.8) is 0 Å². The van der Waals surface area contributed by atoms with E-state index < -0.39 is 0 Å². The predicted molar refractivity (Wildman–Crippen MR) is 126 cm³/mol. The summed E-state index contributed by atoms with van der Waals surface area (Å²) >= 11 is 0. The summed E-state index contributed by atoms with van der Waals surface area (Å²) in [7, 11) is 1.67. The maximum atomic E-state index is 8.72. The summed E-state index contributed by atoms with van der Waals surface area (Å²) in [6, 6.07) is 4.28. The first-order chi connectivity index (χ1) is 14.9. The zero-order valence-electron chi connectivity index (χ0n) is 19.1. The summed E-state index contributed by atoms with van der Waals surface area (Å²) < 4.78 is 5.21. The fourth-order valence-corrected chi connectivity index (χ4v) is 3.37. The third kappa shape index (κ3) is 5.89. The van der Waals surface area contributed by atoms with Gasteiger partial charge in [-0.25, -0.2) is 9.97 Å². The molecular weight excluding hydrogens is 392 g/mol. The maximum Gasteiger partial charge on any atom is 0.228 e. The second-order valence-corrected chi connectivity index (χ2v) is 8.23. The molecule has 31 heavy (non-hydrogen) atoms. The van der Waals surface area contributed by atoms with Crippen molar-refractivity contribution in [2.75, 3.05) is 55.4 Å². The van der Waals surface area contributed by atoms with Gasteiger partial charge in [-0.05, 0) is 31.4 Å². The van der Waals surface area contributed by atoms with E-state index >= 15 is 0 Å². The van der Waals surface area contributed by atoms with Gasteiger partial charge in [0.15, 0.2) is 5.82 Å². The number of nitrogens with zero attached hydrogens (tertiary/aromatic N) is 4. The number of nitrogens with one attached hydrogen (secondary N) is 4. The van der Waals surface area contributed by atoms with Gasteiger partial charge in [-0.1, -0.05) is 19.9 Å². The van der Waals surface area contributed by atoms with Crippen LogP contribution in [-0.4, -0.2) is 66.6 Å². The van der Waals surface area contributed by atoms with Crippen molar-refractivity contribution in [3.8, 4) is 0 Å². The SMILES string of the molecule is COCCNc1c(Nc2ccc(C)cn2)nc(N2CCN[C@H](C)C2)nc1C(=N)C(C)C. The maximum absolute atomic E-state index is 8.72. The lowest BCUT2D eigenvalue weighted by Gasteiger charge is -2.32. The molecule has 0 spiro atoms. The number of hydrogen-bond acceptors (Lipinski definition) is 9. The van der Waals surface area contributed by atoms with Gasteiger partial charge in [0.2, 0.25) is 5.95 Å². The number of anilines is 4. The molecule has 1 fully saturated rings. The molecule has 3 rings (SSSR count). The zero-order chi connectivity index (χ0) is 22.4. The Morgan fingerprint density at radius 3 is 2.81 bits per heavy atom. The first kappa shape index (κ1) is 22.9. The minimum Gasteiger partial charge on any atom is -0.383 e. The van der Waals surface area contributed by atoms with Crippen LogP contribution in [0, 0.1) is 18.3 Å². The second-order valence-electron chi connectivity index (χ2n) is 8.23. The van der Waals surface area contributed by atoms with Crippen molar-refractivity contribution >= 4 is 29.0 Å². The van der Waals surface area contributed by atoms with Crippen molar-refractivity contribution < 1.29 is 4.74 Å². The highest BCUT2D eigenvalue weighted by Gasteiger charge is 2.24. The molecule has 0 radical (unpaired) electrons. The quantitative estimate of drug-likeness (QED) is 0.358. The van der Waals surface area contributed by atoms with Crippen molar-refractivity contribution in [3.05, 3.63) is 29.6 Å². The van der Waals surface area contributed by atoms with E-state index in [1.807, 2.05) is 39.1 Å². The van der Waals surface area contributed by atoms with Crippen LogP contribution in [0.3, 0.4) is 0 Å². The number of pyridine rings is 1. The summed E-state index contributed by atoms with van der Waals surface area (Å²) in [5, 5.41) is 18.9. The van der Waals surface area contributed by atoms with Gasteiger partial charge in [0.05, 0.1) is 12.3 Å². The lowest BCUT2D eigenvalue weighted by molar-refractivity contribution is 0.211. The van der Waals surface area contributed by atoms with Crippen LogP contribution in [0.15, 0.2) is 18.3 Å². The summed E-state index contributed by atoms with van der Waals surface area (Å²) in [5.41, 5.74) is 2.86. The van der Waals surface area contributed by atoms with Crippen LogP contribution in [0.5, 0.6) is 0 Å². The van der Waals surface area contributed by atoms with Gasteiger partial charge in [0, 0.05) is 45.5 Å². The monoisotopic (exact) mass is 426 g/mol. The highest BCUT2D eigenvalue weighted by atomic mass is 16.5. The van der Waals surface area contributed by atoms with Gasteiger partial charge >= 0.3 is 0 Å². The van der Waals surface area contributed by atoms with Crippen LogP contribution in [0.1, 0.15) is 32.0 Å². The van der Waals surface area contributed by atoms with Crippen LogP contribution in [0.2, 0.25) is 0 Å². The standard InChI is InChI=1S/C22H34N8O/c1-14(2)18(23)19-20(25-9-11-31-5)21(27-17-7-6-15(3)12-26-17)29-22(28-19)30-10-8-24-16(4)13-30/h6-7,12,14,16,23-25H,8-11,13H2,1-5H3,(H,26,27,28,29)/t16-/m1/s1. The summed E-state index contributed by atoms with van der Waals surface area (Å²) in [6.45, 7) is 11.8. The third-order valence-electron chi connectivity index (χ3n) is 5.15. The molecule has 1 aliphatic rings. The van der Waals surface area contributed by atoms with E-state index in [4.69, 9.17) is 20.1 Å². The zero-order valence-corrected chi connectivity index (χ0v) is 19.1. The highest BCUT2D eigenvalue weighted by Crippen LogP contribution is 2.30. The number of rotatable bonds is 9. The molecule has 1 atom stereocenters. The van der Waals surface area contributed by atoms with Gasteiger partial charge in [-0.15, -0.1) is 0 Å². The van der Waals surface area contributed by atoms with E-state index in [2.05, 4.69) is 32.8 Å². The largest absolute Gasteiger partial charge is 0.383 e. The van der Waals surface area contributed by atoms with Crippen LogP contribution in [0.4, 0.5) is 23.3 Å². The van der Waals surface area contributed by atoms with Crippen molar-refractivity contribution in [2.24, 2.45) is 5.92 Å². The Balaban J connectivity index is 2.07. The topological polar surface area (TPSA) is 111 Å². The second kappa shape index (κ2) is 10.5. The lowest BCUT2D eigenvalue weighted by Crippen LogP contribution is -2.50. The molecule has 168 valence electrons. The molecule has 2 aromatic rings. The highest BCUT2D eigenvalue weighted by molar-refractivity contribution is 6.04. The molecular formula is C22H34N8O. The number of hydrogen-bond donors (Lipinski definition) is 4. The van der Waals surface area contributed by atoms with Crippen molar-refractivity contribution in [1.82, 2.24) is 20.3 Å². The molecule has 0 aliphatic carbocycles. The van der Waals surface area contributed by atoms with E-state index in [1.54, 1.807) is 7.11 Å². The Bertz CT molecular complexity index is 884. The van der Waals surface area contributed by atoms with Gasteiger partial charge in [-0.2, -0.15) is 4.98 Å². The smallest absolute Gasteiger partial charge is 0.228 e. The first-order valence-electron chi connectivity index (χ1n) is 10.8. The minimum atomic E-state index is 0.0259. The molecule has 9 heteroatoms. The summed E-state index contributed by atoms with van der Waals surface area (Å²) in [5.74, 6) is 1.96. The number of piperazine rings is 1. The molecule has 0 aromatic carbocycles. The van der Waals surface area contributed by atoms with Crippen LogP contribution in [-0.2, 0) is 4.74 Å². The first-order valence-corrected chi connectivity index (χ1v) is 10.8. The average Bonchev–Trinajstić information content (AvgIpc) is 2.75. The van der Waals surface area contributed by atoms with Crippen LogP contribution in [0.25, 0.3) is 0 Å². The molecule has 2 aromatic heterocycles. The van der Waals surface area contributed by atoms with Gasteiger partial charge in [0.1, 0.15) is 17.2 Å². The Hall–Kier alpha value is -2.78. The lowest BCUT2D eigenvalue weighted by atomic mass is 10.0. The van der Waals surface area contributed by atoms with Gasteiger partial charge in [-0.3, -0.25) is 0 Å². The molecule has 1 saturated heterocycles. The predicted octanol–water partition coefficient (Wildman–Crippen LogP) is 2.80. The van der Waals surface area contributed by atoms with Crippen molar-refractivity contribution in [1.29, 1.82) is 5.41 Å². The van der Waals surface area contributed by atoms with E-state index in [0.717, 1.165) is 25.2 Å². The molecule has 0 bridgehead atoms. The van der Waals surface area contributed by atoms with Crippen LogP contribution >= 0.6 is 0 Å². The minimum absolute atomic E-state index is 0.0259. The Labute approximate surface area is 184 Å². The number of aromatic nitrogens is 3. The molecule has 4 N–H and O–H groups in total. The Morgan fingerprint density at radius 2 is 2.16 bits per heavy atom. The Morgan fingerprint density at radius 1 is 1.35 bits per heavy atom. The molecule has 0 unspecified atom stereocenters. The average molecular weight is 427 g/mol. The van der Waals surface area contributed by atoms with E-state index in [9.17, 15) is 0 Å². The fourth-order valence-electron chi connectivity index (χ4n) is 3.37. The van der Waals surface area contributed by atoms with E-state index in [1.165, 1.54) is 0 Å².